The first-order valence-electron chi connectivity index (χ1n) is 9.69. The highest BCUT2D eigenvalue weighted by atomic mass is 16.5. The maximum Gasteiger partial charge on any atom is 0.226 e. The van der Waals surface area contributed by atoms with E-state index >= 15 is 0 Å². The minimum absolute atomic E-state index is 0.311. The molecule has 1 aromatic carbocycles. The van der Waals surface area contributed by atoms with Gasteiger partial charge in [0.25, 0.3) is 0 Å². The quantitative estimate of drug-likeness (QED) is 0.764. The number of aromatic nitrogens is 1. The molecular weight excluding hydrogens is 340 g/mol. The van der Waals surface area contributed by atoms with E-state index in [0.717, 1.165) is 49.0 Å². The van der Waals surface area contributed by atoms with Gasteiger partial charge in [0.2, 0.25) is 5.89 Å². The van der Waals surface area contributed by atoms with E-state index in [1.807, 2.05) is 38.3 Å². The molecule has 0 N–H and O–H groups in total. The summed E-state index contributed by atoms with van der Waals surface area (Å²) in [5.74, 6) is 3.06. The SMILES string of the molecule is COC[C@@]12CN(Cc3nc(-c4cccc(OC)c4)oc3C)C[C@@H]1C(C)(C)C2. The second-order valence-electron chi connectivity index (χ2n) is 8.94. The van der Waals surface area contributed by atoms with E-state index in [1.54, 1.807) is 7.11 Å². The molecule has 2 aromatic rings. The molecule has 4 rings (SSSR count). The van der Waals surface area contributed by atoms with Crippen molar-refractivity contribution < 1.29 is 13.9 Å². The lowest BCUT2D eigenvalue weighted by molar-refractivity contribution is -0.107. The van der Waals surface area contributed by atoms with Crippen molar-refractivity contribution >= 4 is 0 Å². The van der Waals surface area contributed by atoms with Crippen molar-refractivity contribution in [3.63, 3.8) is 0 Å². The fourth-order valence-electron chi connectivity index (χ4n) is 5.50. The third-order valence-electron chi connectivity index (χ3n) is 6.48. The van der Waals surface area contributed by atoms with E-state index < -0.39 is 0 Å². The molecule has 27 heavy (non-hydrogen) atoms. The summed E-state index contributed by atoms with van der Waals surface area (Å²) in [7, 11) is 3.49. The van der Waals surface area contributed by atoms with Gasteiger partial charge in [-0.25, -0.2) is 4.98 Å². The molecule has 0 radical (unpaired) electrons. The van der Waals surface area contributed by atoms with Gasteiger partial charge in [-0.15, -0.1) is 0 Å². The zero-order valence-electron chi connectivity index (χ0n) is 17.0. The maximum absolute atomic E-state index is 5.98. The second-order valence-corrected chi connectivity index (χ2v) is 8.94. The summed E-state index contributed by atoms with van der Waals surface area (Å²) in [5.41, 5.74) is 2.69. The maximum atomic E-state index is 5.98. The summed E-state index contributed by atoms with van der Waals surface area (Å²) in [5, 5.41) is 0. The number of rotatable bonds is 6. The molecular formula is C22H30N2O3. The predicted molar refractivity (Wildman–Crippen MR) is 105 cm³/mol. The molecule has 1 aromatic heterocycles. The Morgan fingerprint density at radius 1 is 1.30 bits per heavy atom. The van der Waals surface area contributed by atoms with Gasteiger partial charge in [-0.05, 0) is 42.9 Å². The monoisotopic (exact) mass is 370 g/mol. The van der Waals surface area contributed by atoms with Gasteiger partial charge in [-0.1, -0.05) is 19.9 Å². The second kappa shape index (κ2) is 6.64. The first-order chi connectivity index (χ1) is 12.9. The highest BCUT2D eigenvalue weighted by Crippen LogP contribution is 2.62. The minimum Gasteiger partial charge on any atom is -0.497 e. The Hall–Kier alpha value is -1.85. The summed E-state index contributed by atoms with van der Waals surface area (Å²) in [6.07, 6.45) is 1.24. The molecule has 0 spiro atoms. The molecule has 0 amide bonds. The third-order valence-corrected chi connectivity index (χ3v) is 6.48. The van der Waals surface area contributed by atoms with E-state index in [4.69, 9.17) is 18.9 Å². The van der Waals surface area contributed by atoms with Gasteiger partial charge in [0.1, 0.15) is 11.5 Å². The number of ether oxygens (including phenoxy) is 2. The van der Waals surface area contributed by atoms with Crippen molar-refractivity contribution in [2.75, 3.05) is 33.9 Å². The number of hydrogen-bond donors (Lipinski definition) is 0. The highest BCUT2D eigenvalue weighted by molar-refractivity contribution is 5.56. The molecule has 1 saturated carbocycles. The van der Waals surface area contributed by atoms with E-state index in [2.05, 4.69) is 18.7 Å². The van der Waals surface area contributed by atoms with Crippen molar-refractivity contribution in [2.24, 2.45) is 16.7 Å². The zero-order valence-corrected chi connectivity index (χ0v) is 17.0. The fraction of sp³-hybridized carbons (Fsp3) is 0.591. The Kier molecular flexibility index (Phi) is 4.55. The van der Waals surface area contributed by atoms with Crippen LogP contribution in [0.25, 0.3) is 11.5 Å². The van der Waals surface area contributed by atoms with Crippen molar-refractivity contribution in [3.8, 4) is 17.2 Å². The molecule has 1 aliphatic heterocycles. The molecule has 0 unspecified atom stereocenters. The van der Waals surface area contributed by atoms with Gasteiger partial charge in [0, 0.05) is 37.7 Å². The number of nitrogens with zero attached hydrogens (tertiary/aromatic N) is 2. The minimum atomic E-state index is 0.311. The first kappa shape index (κ1) is 18.5. The molecule has 0 bridgehead atoms. The molecule has 2 atom stereocenters. The van der Waals surface area contributed by atoms with Crippen molar-refractivity contribution in [1.29, 1.82) is 0 Å². The van der Waals surface area contributed by atoms with Crippen molar-refractivity contribution in [3.05, 3.63) is 35.7 Å². The average molecular weight is 370 g/mol. The van der Waals surface area contributed by atoms with Crippen LogP contribution in [0.4, 0.5) is 0 Å². The van der Waals surface area contributed by atoms with E-state index in [-0.39, 0.29) is 0 Å². The topological polar surface area (TPSA) is 47.7 Å². The summed E-state index contributed by atoms with van der Waals surface area (Å²) in [6.45, 7) is 10.6. The largest absolute Gasteiger partial charge is 0.497 e. The van der Waals surface area contributed by atoms with Crippen LogP contribution in [0.2, 0.25) is 0 Å². The summed E-state index contributed by atoms with van der Waals surface area (Å²) < 4.78 is 16.9. The molecule has 5 nitrogen and oxygen atoms in total. The fourth-order valence-corrected chi connectivity index (χ4v) is 5.50. The van der Waals surface area contributed by atoms with Crippen LogP contribution in [0.1, 0.15) is 31.7 Å². The van der Waals surface area contributed by atoms with Gasteiger partial charge in [0.05, 0.1) is 19.4 Å². The zero-order chi connectivity index (χ0) is 19.2. The molecule has 146 valence electrons. The molecule has 5 heteroatoms. The Labute approximate surface area is 161 Å². The lowest BCUT2D eigenvalue weighted by Gasteiger charge is -2.56. The Morgan fingerprint density at radius 2 is 2.11 bits per heavy atom. The Bertz CT molecular complexity index is 829. The van der Waals surface area contributed by atoms with Gasteiger partial charge in [-0.2, -0.15) is 0 Å². The molecule has 1 saturated heterocycles. The molecule has 1 aliphatic carbocycles. The van der Waals surface area contributed by atoms with Gasteiger partial charge < -0.3 is 13.9 Å². The highest BCUT2D eigenvalue weighted by Gasteiger charge is 2.62. The van der Waals surface area contributed by atoms with E-state index in [9.17, 15) is 0 Å². The Morgan fingerprint density at radius 3 is 2.81 bits per heavy atom. The van der Waals surface area contributed by atoms with Gasteiger partial charge in [0.15, 0.2) is 0 Å². The molecule has 2 heterocycles. The number of likely N-dealkylation sites (tertiary alicyclic amines) is 1. The summed E-state index contributed by atoms with van der Waals surface area (Å²) in [6, 6.07) is 7.85. The lowest BCUT2D eigenvalue weighted by atomic mass is 9.48. The van der Waals surface area contributed by atoms with Crippen LogP contribution < -0.4 is 4.74 Å². The predicted octanol–water partition coefficient (Wildman–Crippen LogP) is 4.15. The Balaban J connectivity index is 1.52. The van der Waals surface area contributed by atoms with Crippen molar-refractivity contribution in [2.45, 2.75) is 33.7 Å². The van der Waals surface area contributed by atoms with Crippen molar-refractivity contribution in [1.82, 2.24) is 9.88 Å². The number of fused-ring (bicyclic) bond motifs is 1. The van der Waals surface area contributed by atoms with Crippen LogP contribution in [0.15, 0.2) is 28.7 Å². The first-order valence-corrected chi connectivity index (χ1v) is 9.69. The molecule has 2 fully saturated rings. The van der Waals surface area contributed by atoms with Gasteiger partial charge >= 0.3 is 0 Å². The normalized spacial score (nSPS) is 26.6. The van der Waals surface area contributed by atoms with Crippen LogP contribution in [0, 0.1) is 23.7 Å². The van der Waals surface area contributed by atoms with Crippen LogP contribution in [-0.2, 0) is 11.3 Å². The van der Waals surface area contributed by atoms with Crippen LogP contribution in [0.5, 0.6) is 5.75 Å². The third kappa shape index (κ3) is 3.17. The lowest BCUT2D eigenvalue weighted by Crippen LogP contribution is -2.55. The number of aryl methyl sites for hydroxylation is 1. The van der Waals surface area contributed by atoms with Crippen LogP contribution >= 0.6 is 0 Å². The molecule has 2 aliphatic rings. The number of hydrogen-bond acceptors (Lipinski definition) is 5. The van der Waals surface area contributed by atoms with Crippen LogP contribution in [0.3, 0.4) is 0 Å². The number of benzene rings is 1. The van der Waals surface area contributed by atoms with E-state index in [0.29, 0.717) is 22.6 Å². The summed E-state index contributed by atoms with van der Waals surface area (Å²) >= 11 is 0. The van der Waals surface area contributed by atoms with E-state index in [1.165, 1.54) is 6.42 Å². The number of oxazole rings is 1. The van der Waals surface area contributed by atoms with Gasteiger partial charge in [-0.3, -0.25) is 4.90 Å². The average Bonchev–Trinajstić information content (AvgIpc) is 3.14. The summed E-state index contributed by atoms with van der Waals surface area (Å²) in [4.78, 5) is 7.33. The number of methoxy groups -OCH3 is 2. The smallest absolute Gasteiger partial charge is 0.226 e. The standard InChI is InChI=1S/C22H30N2O3/c1-15-18(23-20(27-15)16-7-6-8-17(9-16)26-5)10-24-11-19-21(2,3)12-22(19,13-24)14-25-4/h6-9,19H,10-14H2,1-5H3/t19-,22-/m1/s1. The van der Waals surface area contributed by atoms with Crippen LogP contribution in [-0.4, -0.2) is 43.8 Å².